The van der Waals surface area contributed by atoms with Gasteiger partial charge in [-0.3, -0.25) is 5.32 Å². The van der Waals surface area contributed by atoms with Crippen LogP contribution in [0.25, 0.3) is 10.8 Å². The van der Waals surface area contributed by atoms with Gasteiger partial charge in [0.05, 0.1) is 26.6 Å². The molecule has 210 valence electrons. The number of aliphatic hydroxyl groups is 1. The average Bonchev–Trinajstić information content (AvgIpc) is 2.89. The Balaban J connectivity index is 0.00000420. The van der Waals surface area contributed by atoms with Crippen molar-refractivity contribution in [1.82, 2.24) is 15.2 Å². The third-order valence-electron chi connectivity index (χ3n) is 5.57. The topological polar surface area (TPSA) is 176 Å². The number of nitrogens with one attached hydrogen (secondary N) is 2. The van der Waals surface area contributed by atoms with E-state index < -0.39 is 56.9 Å². The van der Waals surface area contributed by atoms with Gasteiger partial charge in [-0.25, -0.2) is 23.4 Å². The van der Waals surface area contributed by atoms with Crippen LogP contribution in [0.2, 0.25) is 0 Å². The molecule has 3 N–H and O–H groups in total. The Hall–Kier alpha value is -1.68. The van der Waals surface area contributed by atoms with Gasteiger partial charge in [0.15, 0.2) is 11.6 Å². The minimum atomic E-state index is -5.37. The number of phosphoric ester groups is 1. The number of aliphatic hydroxyl groups excluding tert-OH is 1. The Morgan fingerprint density at radius 3 is 2.46 bits per heavy atom. The number of benzene rings is 2. The van der Waals surface area contributed by atoms with Crippen molar-refractivity contribution in [3.63, 3.8) is 0 Å². The zero-order valence-electron chi connectivity index (χ0n) is 22.6. The van der Waals surface area contributed by atoms with Crippen LogP contribution < -0.4 is 79.5 Å². The van der Waals surface area contributed by atoms with Crippen molar-refractivity contribution in [1.29, 1.82) is 0 Å². The van der Waals surface area contributed by atoms with E-state index in [9.17, 15) is 37.8 Å². The Bertz CT molecular complexity index is 1370. The number of fused-ring (bicyclic) bond motifs is 1. The van der Waals surface area contributed by atoms with Crippen molar-refractivity contribution in [3.05, 3.63) is 71.9 Å². The molecule has 2 aromatic carbocycles. The fourth-order valence-electron chi connectivity index (χ4n) is 3.51. The van der Waals surface area contributed by atoms with E-state index in [1.54, 1.807) is 12.3 Å². The monoisotopic (exact) mass is 612 g/mol. The maximum Gasteiger partial charge on any atom is 1.00 e. The first-order chi connectivity index (χ1) is 18.4. The van der Waals surface area contributed by atoms with Crippen LogP contribution in [0.15, 0.2) is 54.7 Å². The van der Waals surface area contributed by atoms with Crippen LogP contribution >= 0.6 is 7.82 Å². The Morgan fingerprint density at radius 2 is 1.78 bits per heavy atom. The molecule has 17 heteroatoms. The molecule has 0 spiro atoms. The Labute approximate surface area is 278 Å². The number of ether oxygens (including phenoxy) is 1. The van der Waals surface area contributed by atoms with Crippen molar-refractivity contribution in [3.8, 4) is 0 Å². The smallest absolute Gasteiger partial charge is 0.790 e. The van der Waals surface area contributed by atoms with E-state index in [4.69, 9.17) is 4.74 Å². The number of phosphoric acid groups is 1. The van der Waals surface area contributed by atoms with Crippen molar-refractivity contribution >= 4 is 36.5 Å². The fraction of sp³-hybridized carbons (Fsp3) is 0.292. The van der Waals surface area contributed by atoms with Crippen LogP contribution in [-0.2, 0) is 20.4 Å². The molecule has 0 saturated heterocycles. The number of aromatic nitrogens is 1. The van der Waals surface area contributed by atoms with Gasteiger partial charge in [0.2, 0.25) is 0 Å². The summed E-state index contributed by atoms with van der Waals surface area (Å²) in [5.74, 6) is -2.04. The van der Waals surface area contributed by atoms with Crippen LogP contribution in [0.3, 0.4) is 0 Å². The van der Waals surface area contributed by atoms with Gasteiger partial charge >= 0.3 is 71.2 Å². The number of urea groups is 1. The van der Waals surface area contributed by atoms with Crippen LogP contribution in [0.1, 0.15) is 12.0 Å². The van der Waals surface area contributed by atoms with Crippen LogP contribution in [-0.4, -0.2) is 59.5 Å². The van der Waals surface area contributed by atoms with Crippen molar-refractivity contribution in [2.24, 2.45) is 0 Å². The van der Waals surface area contributed by atoms with Gasteiger partial charge in [0, 0.05) is 30.7 Å². The van der Waals surface area contributed by atoms with Crippen molar-refractivity contribution < 1.29 is 106 Å². The normalized spacial score (nSPS) is 12.3. The van der Waals surface area contributed by atoms with Gasteiger partial charge < -0.3 is 38.9 Å². The van der Waals surface area contributed by atoms with E-state index >= 15 is 0 Å². The number of rotatable bonds is 11. The summed E-state index contributed by atoms with van der Waals surface area (Å²) in [5.41, 5.74) is -0.123. The molecule has 0 unspecified atom stereocenters. The quantitative estimate of drug-likeness (QED) is 0.144. The number of amides is 3. The number of hydrogen-bond acceptors (Lipinski definition) is 9. The maximum absolute atomic E-state index is 13.9. The van der Waals surface area contributed by atoms with E-state index in [0.717, 1.165) is 21.7 Å². The predicted molar refractivity (Wildman–Crippen MR) is 131 cm³/mol. The molecule has 0 bridgehead atoms. The van der Waals surface area contributed by atoms with E-state index in [1.165, 1.54) is 19.2 Å². The number of nitrogens with zero attached hydrogens (tertiary/aromatic N) is 2. The Kier molecular flexibility index (Phi) is 15.9. The van der Waals surface area contributed by atoms with E-state index in [0.29, 0.717) is 0 Å². The second-order valence-electron chi connectivity index (χ2n) is 8.41. The van der Waals surface area contributed by atoms with Crippen LogP contribution in [0, 0.1) is 11.6 Å². The summed E-state index contributed by atoms with van der Waals surface area (Å²) in [5, 5.41) is 16.6. The third kappa shape index (κ3) is 12.2. The summed E-state index contributed by atoms with van der Waals surface area (Å²) >= 11 is 0. The first kappa shape index (κ1) is 37.3. The molecule has 0 radical (unpaired) electrons. The van der Waals surface area contributed by atoms with E-state index in [2.05, 4.69) is 20.1 Å². The standard InChI is InChI=1S/C24H27F2N4O8P.2Na/c1-30(23(32)28-12-17-7-4-8-20(25)22(17)26)18(10-19(31)14-38-39(34,35)36)13-37-24(33)29-21-9-15-5-2-3-6-16(15)11-27-21;;/h2-9,11,18-19,31H,10,12-14H2,1H3,(H,28,32)(H,27,29,33)(H2,34,35,36);;/q;2*+1/p-2/t18-,19+;;/m0../s1. The first-order valence-electron chi connectivity index (χ1n) is 11.5. The molecule has 0 saturated carbocycles. The molecular weight excluding hydrogens is 587 g/mol. The van der Waals surface area contributed by atoms with Gasteiger partial charge in [-0.05, 0) is 23.9 Å². The summed E-state index contributed by atoms with van der Waals surface area (Å²) in [7, 11) is -4.10. The zero-order valence-corrected chi connectivity index (χ0v) is 27.5. The predicted octanol–water partition coefficient (Wildman–Crippen LogP) is -4.12. The molecule has 1 aromatic heterocycles. The van der Waals surface area contributed by atoms with Gasteiger partial charge in [-0.15, -0.1) is 0 Å². The second kappa shape index (κ2) is 17.4. The number of carbonyl (C=O) groups is 2. The second-order valence-corrected chi connectivity index (χ2v) is 9.56. The molecule has 3 aromatic rings. The van der Waals surface area contributed by atoms with Gasteiger partial charge in [0.25, 0.3) is 0 Å². The first-order valence-corrected chi connectivity index (χ1v) is 13.0. The summed E-state index contributed by atoms with van der Waals surface area (Å²) < 4.78 is 47.3. The van der Waals surface area contributed by atoms with Gasteiger partial charge in [-0.1, -0.05) is 36.4 Å². The number of carbonyl (C=O) groups excluding carboxylic acids is 2. The number of pyridine rings is 1. The molecule has 0 aliphatic rings. The molecular formula is C24H25F2N4Na2O8P. The maximum atomic E-state index is 13.9. The third-order valence-corrected chi connectivity index (χ3v) is 6.03. The van der Waals surface area contributed by atoms with E-state index in [-0.39, 0.29) is 83.5 Å². The molecule has 12 nitrogen and oxygen atoms in total. The SMILES string of the molecule is CN(C(=O)NCc1cccc(F)c1F)[C@H](COC(=O)Nc1cc2ccccc2cn1)C[C@@H](O)COP(=O)([O-])[O-].[Na+].[Na+]. The summed E-state index contributed by atoms with van der Waals surface area (Å²) in [6.45, 7) is -1.76. The minimum Gasteiger partial charge on any atom is -0.790 e. The minimum absolute atomic E-state index is 0. The van der Waals surface area contributed by atoms with Crippen molar-refractivity contribution in [2.45, 2.75) is 25.1 Å². The number of anilines is 1. The zero-order chi connectivity index (χ0) is 28.6. The van der Waals surface area contributed by atoms with Crippen molar-refractivity contribution in [2.75, 3.05) is 25.6 Å². The summed E-state index contributed by atoms with van der Waals surface area (Å²) in [6.07, 6.45) is -1.31. The fourth-order valence-corrected chi connectivity index (χ4v) is 3.86. The largest absolute Gasteiger partial charge is 1.00 e. The number of halogens is 2. The molecule has 0 aliphatic heterocycles. The summed E-state index contributed by atoms with van der Waals surface area (Å²) in [4.78, 5) is 51.7. The number of likely N-dealkylation sites (N-methyl/N-ethyl adjacent to an activating group) is 1. The molecule has 1 heterocycles. The molecule has 0 aliphatic carbocycles. The van der Waals surface area contributed by atoms with Gasteiger partial charge in [-0.2, -0.15) is 0 Å². The molecule has 0 fully saturated rings. The molecule has 3 rings (SSSR count). The summed E-state index contributed by atoms with van der Waals surface area (Å²) in [6, 6.07) is 10.5. The Morgan fingerprint density at radius 1 is 1.10 bits per heavy atom. The number of hydrogen-bond donors (Lipinski definition) is 3. The molecule has 41 heavy (non-hydrogen) atoms. The molecule has 2 atom stereocenters. The van der Waals surface area contributed by atoms with Gasteiger partial charge in [0.1, 0.15) is 12.4 Å². The van der Waals surface area contributed by atoms with Crippen LogP contribution in [0.5, 0.6) is 0 Å². The average molecular weight is 612 g/mol. The van der Waals surface area contributed by atoms with E-state index in [1.807, 2.05) is 24.3 Å². The van der Waals surface area contributed by atoms with Crippen LogP contribution in [0.4, 0.5) is 24.2 Å². The molecule has 3 amide bonds.